The van der Waals surface area contributed by atoms with Gasteiger partial charge in [0.2, 0.25) is 17.7 Å². The minimum atomic E-state index is -3.85. The van der Waals surface area contributed by atoms with Crippen LogP contribution in [-0.4, -0.2) is 105 Å². The number of aromatic nitrogens is 3. The number of nitrogens with one attached hydrogen (secondary N) is 6. The molecule has 1 aliphatic rings. The normalized spacial score (nSPS) is 12.0. The van der Waals surface area contributed by atoms with Crippen molar-refractivity contribution in [2.75, 3.05) is 76.4 Å². The fourth-order valence-electron chi connectivity index (χ4n) is 9.85. The number of benzene rings is 6. The van der Waals surface area contributed by atoms with Gasteiger partial charge in [0.25, 0.3) is 47.8 Å². The number of amides is 3. The Kier molecular flexibility index (Phi) is 26.2. The number of ether oxygens (including phenoxy) is 5. The van der Waals surface area contributed by atoms with Crippen LogP contribution in [0.1, 0.15) is 83.8 Å². The Morgan fingerprint density at radius 2 is 0.566 bits per heavy atom. The van der Waals surface area contributed by atoms with Gasteiger partial charge in [-0.25, -0.2) is 39.4 Å². The Hall–Kier alpha value is -10.1. The van der Waals surface area contributed by atoms with Gasteiger partial charge in [-0.1, -0.05) is 68.6 Å². The molecule has 0 unspecified atom stereocenters. The van der Waals surface area contributed by atoms with Gasteiger partial charge in [-0.3, -0.25) is 14.4 Å². The lowest BCUT2D eigenvalue weighted by atomic mass is 10.1. The number of anilines is 6. The molecule has 29 heteroatoms. The third-order valence-electron chi connectivity index (χ3n) is 15.1. The average Bonchev–Trinajstić information content (AvgIpc) is 1.72. The van der Waals surface area contributed by atoms with E-state index in [2.05, 4.69) is 45.6 Å². The SMILES string of the molecule is C1COCCO1.Cc1cc(C)c(OCC(=O)Nc2ccc(S(=O)(=O)Nc3onc(C)c3C)cc2)c(C)c1.Cc1cc(C)c(OCC(=O)Nc2ccc(S(=O)(=O)Nc3onc(C)c3C)cc2)c(C)c1.Cc1cc(C)c(OCC(=O)Nc2ccc(S(=O)(=O)Nc3onc(C)c3C)cc2)c(C)c1. The summed E-state index contributed by atoms with van der Waals surface area (Å²) in [7, 11) is -11.5. The molecule has 0 spiro atoms. The second-order valence-electron chi connectivity index (χ2n) is 23.5. The largest absolute Gasteiger partial charge is 0.483 e. The number of nitrogens with zero attached hydrogens (tertiary/aromatic N) is 3. The molecule has 4 heterocycles. The number of carbonyl (C=O) groups is 3. The molecule has 6 aromatic carbocycles. The minimum absolute atomic E-state index is 0.0288. The van der Waals surface area contributed by atoms with E-state index in [1.54, 1.807) is 41.5 Å². The van der Waals surface area contributed by atoms with Crippen LogP contribution in [0.2, 0.25) is 0 Å². The van der Waals surface area contributed by atoms with Gasteiger partial charge in [0.05, 0.1) is 58.2 Å². The number of carbonyl (C=O) groups excluding carboxylic acids is 3. The van der Waals surface area contributed by atoms with Gasteiger partial charge in [0, 0.05) is 33.8 Å². The highest BCUT2D eigenvalue weighted by molar-refractivity contribution is 7.93. The Bertz CT molecular complexity index is 4140. The first kappa shape index (κ1) is 76.3. The summed E-state index contributed by atoms with van der Waals surface area (Å²) in [5, 5.41) is 19.3. The second kappa shape index (κ2) is 33.9. The summed E-state index contributed by atoms with van der Waals surface area (Å²) in [4.78, 5) is 36.8. The van der Waals surface area contributed by atoms with Crippen molar-refractivity contribution in [1.29, 1.82) is 0 Å². The summed E-state index contributed by atoms with van der Waals surface area (Å²) < 4.78 is 124. The van der Waals surface area contributed by atoms with E-state index >= 15 is 0 Å². The standard InChI is InChI=1S/3C22H25N3O5S.C4H8O2/c3*1-13-10-14(2)21(15(3)11-13)29-12-20(26)23-18-6-8-19(9-7-18)31(27,28)25-22-16(4)17(5)24-30-22;1-2-6-4-3-5-1/h3*6-11,25H,12H2,1-5H3,(H,23,26);1-4H2. The highest BCUT2D eigenvalue weighted by Crippen LogP contribution is 2.30. The quantitative estimate of drug-likeness (QED) is 0.0389. The first-order valence-electron chi connectivity index (χ1n) is 31.0. The van der Waals surface area contributed by atoms with Crippen molar-refractivity contribution in [2.45, 2.75) is 119 Å². The number of aryl methyl sites for hydroxylation is 12. The molecule has 6 N–H and O–H groups in total. The molecule has 3 amide bonds. The highest BCUT2D eigenvalue weighted by Gasteiger charge is 2.23. The smallest absolute Gasteiger partial charge is 0.264 e. The van der Waals surface area contributed by atoms with Gasteiger partial charge < -0.3 is 53.2 Å². The molecular weight excluding hydrogens is 1340 g/mol. The fourth-order valence-corrected chi connectivity index (χ4v) is 13.0. The van der Waals surface area contributed by atoms with Crippen LogP contribution in [0.3, 0.4) is 0 Å². The van der Waals surface area contributed by atoms with Crippen LogP contribution in [0.15, 0.2) is 137 Å². The Balaban J connectivity index is 0.000000200. The molecule has 0 aliphatic carbocycles. The summed E-state index contributed by atoms with van der Waals surface area (Å²) in [6.07, 6.45) is 0. The molecular formula is C70H83N9O17S3. The van der Waals surface area contributed by atoms with Crippen molar-refractivity contribution >= 4 is 82.5 Å². The van der Waals surface area contributed by atoms with Crippen molar-refractivity contribution in [2.24, 2.45) is 0 Å². The first-order valence-corrected chi connectivity index (χ1v) is 35.5. The average molecular weight is 1420 g/mol. The summed E-state index contributed by atoms with van der Waals surface area (Å²) in [6, 6.07) is 29.4. The van der Waals surface area contributed by atoms with E-state index in [4.69, 9.17) is 37.3 Å². The van der Waals surface area contributed by atoms with Gasteiger partial charge in [-0.05, 0) is 210 Å². The zero-order chi connectivity index (χ0) is 72.5. The van der Waals surface area contributed by atoms with E-state index < -0.39 is 30.1 Å². The maximum Gasteiger partial charge on any atom is 0.264 e. The summed E-state index contributed by atoms with van der Waals surface area (Å²) >= 11 is 0. The Morgan fingerprint density at radius 3 is 0.747 bits per heavy atom. The van der Waals surface area contributed by atoms with E-state index in [9.17, 15) is 39.6 Å². The maximum absolute atomic E-state index is 12.5. The third-order valence-corrected chi connectivity index (χ3v) is 19.1. The molecule has 0 bridgehead atoms. The first-order chi connectivity index (χ1) is 46.7. The van der Waals surface area contributed by atoms with Crippen LogP contribution in [-0.2, 0) is 53.9 Å². The lowest BCUT2D eigenvalue weighted by Crippen LogP contribution is -2.21. The predicted molar refractivity (Wildman–Crippen MR) is 376 cm³/mol. The van der Waals surface area contributed by atoms with E-state index in [1.165, 1.54) is 72.8 Å². The Labute approximate surface area is 577 Å². The van der Waals surface area contributed by atoms with E-state index in [-0.39, 0.29) is 69.9 Å². The molecule has 528 valence electrons. The number of sulfonamides is 3. The van der Waals surface area contributed by atoms with Crippen LogP contribution < -0.4 is 44.3 Å². The molecule has 1 saturated heterocycles. The van der Waals surface area contributed by atoms with E-state index in [0.29, 0.717) is 68.1 Å². The summed E-state index contributed by atoms with van der Waals surface area (Å²) in [5.41, 5.74) is 14.2. The lowest BCUT2D eigenvalue weighted by molar-refractivity contribution is -0.118. The van der Waals surface area contributed by atoms with E-state index in [0.717, 1.165) is 76.5 Å². The van der Waals surface area contributed by atoms with Crippen molar-refractivity contribution in [1.82, 2.24) is 15.5 Å². The second-order valence-corrected chi connectivity index (χ2v) is 28.5. The zero-order valence-corrected chi connectivity index (χ0v) is 60.3. The summed E-state index contributed by atoms with van der Waals surface area (Å²) in [6.45, 7) is 30.5. The van der Waals surface area contributed by atoms with E-state index in [1.807, 2.05) is 98.7 Å². The van der Waals surface area contributed by atoms with Crippen LogP contribution in [0.4, 0.5) is 34.7 Å². The van der Waals surface area contributed by atoms with Gasteiger partial charge in [0.1, 0.15) is 17.2 Å². The minimum Gasteiger partial charge on any atom is -0.483 e. The molecule has 9 aromatic rings. The van der Waals surface area contributed by atoms with Gasteiger partial charge >= 0.3 is 0 Å². The highest BCUT2D eigenvalue weighted by atomic mass is 32.2. The van der Waals surface area contributed by atoms with Gasteiger partial charge in [-0.2, -0.15) is 0 Å². The zero-order valence-electron chi connectivity index (χ0n) is 57.8. The maximum atomic E-state index is 12.5. The van der Waals surface area contributed by atoms with Crippen LogP contribution in [0.5, 0.6) is 17.2 Å². The number of hydrogen-bond acceptors (Lipinski definition) is 20. The van der Waals surface area contributed by atoms with Crippen LogP contribution in [0, 0.1) is 104 Å². The molecule has 1 fully saturated rings. The summed E-state index contributed by atoms with van der Waals surface area (Å²) in [5.74, 6) is 1.25. The monoisotopic (exact) mass is 1420 g/mol. The van der Waals surface area contributed by atoms with Crippen LogP contribution >= 0.6 is 0 Å². The molecule has 3 aromatic heterocycles. The Morgan fingerprint density at radius 1 is 0.354 bits per heavy atom. The van der Waals surface area contributed by atoms with Crippen molar-refractivity contribution in [3.63, 3.8) is 0 Å². The molecule has 0 radical (unpaired) electrons. The predicted octanol–water partition coefficient (Wildman–Crippen LogP) is 12.1. The fraction of sp³-hybridized carbons (Fsp3) is 0.314. The third kappa shape index (κ3) is 21.7. The van der Waals surface area contributed by atoms with Crippen molar-refractivity contribution in [3.05, 3.63) is 193 Å². The topological polar surface area (TPSA) is 350 Å². The number of rotatable bonds is 21. The molecule has 1 aliphatic heterocycles. The molecule has 26 nitrogen and oxygen atoms in total. The molecule has 0 saturated carbocycles. The molecule has 99 heavy (non-hydrogen) atoms. The van der Waals surface area contributed by atoms with Crippen LogP contribution in [0.25, 0.3) is 0 Å². The lowest BCUT2D eigenvalue weighted by Gasteiger charge is -2.13. The van der Waals surface area contributed by atoms with Gasteiger partial charge in [-0.15, -0.1) is 0 Å². The number of hydrogen-bond donors (Lipinski definition) is 6. The van der Waals surface area contributed by atoms with Crippen molar-refractivity contribution in [3.8, 4) is 17.2 Å². The molecule has 0 atom stereocenters. The van der Waals surface area contributed by atoms with Crippen molar-refractivity contribution < 1.29 is 76.9 Å². The van der Waals surface area contributed by atoms with Gasteiger partial charge in [0.15, 0.2) is 19.8 Å². The molecule has 10 rings (SSSR count).